The highest BCUT2D eigenvalue weighted by molar-refractivity contribution is 9.10. The first kappa shape index (κ1) is 15.1. The van der Waals surface area contributed by atoms with Crippen molar-refractivity contribution in [2.24, 2.45) is 0 Å². The molecule has 0 aliphatic carbocycles. The second kappa shape index (κ2) is 6.85. The van der Waals surface area contributed by atoms with Gasteiger partial charge in [-0.1, -0.05) is 15.9 Å². The Morgan fingerprint density at radius 3 is 3.00 bits per heavy atom. The van der Waals surface area contributed by atoms with E-state index in [1.54, 1.807) is 0 Å². The van der Waals surface area contributed by atoms with Gasteiger partial charge in [0.1, 0.15) is 5.75 Å². The number of hydrogen-bond donors (Lipinski definition) is 1. The van der Waals surface area contributed by atoms with Crippen LogP contribution in [0.25, 0.3) is 0 Å². The average molecular weight is 337 g/mol. The van der Waals surface area contributed by atoms with Gasteiger partial charge in [0.15, 0.2) is 0 Å². The molecule has 1 saturated heterocycles. The minimum atomic E-state index is -0.372. The zero-order chi connectivity index (χ0) is 12.3. The van der Waals surface area contributed by atoms with Crippen LogP contribution in [0.1, 0.15) is 24.9 Å². The first-order chi connectivity index (χ1) is 8.20. The largest absolute Gasteiger partial charge is 0.494 e. The first-order valence-corrected chi connectivity index (χ1v) is 6.35. The van der Waals surface area contributed by atoms with E-state index in [1.807, 2.05) is 25.1 Å². The van der Waals surface area contributed by atoms with Crippen molar-refractivity contribution in [3.63, 3.8) is 0 Å². The summed E-state index contributed by atoms with van der Waals surface area (Å²) < 4.78 is 11.4. The summed E-state index contributed by atoms with van der Waals surface area (Å²) in [6, 6.07) is 5.76. The lowest BCUT2D eigenvalue weighted by atomic mass is 10.0. The smallest absolute Gasteiger partial charge is 0.407 e. The van der Waals surface area contributed by atoms with Gasteiger partial charge < -0.3 is 14.8 Å². The van der Waals surface area contributed by atoms with Crippen LogP contribution in [0.2, 0.25) is 0 Å². The Balaban J connectivity index is 0.00000162. The predicted molar refractivity (Wildman–Crippen MR) is 74.4 cm³/mol. The van der Waals surface area contributed by atoms with Crippen LogP contribution in [0.5, 0.6) is 5.75 Å². The Hall–Kier alpha value is -0.940. The predicted octanol–water partition coefficient (Wildman–Crippen LogP) is 3.44. The maximum Gasteiger partial charge on any atom is 0.407 e. The highest BCUT2D eigenvalue weighted by Gasteiger charge is 2.23. The fourth-order valence-corrected chi connectivity index (χ4v) is 2.22. The summed E-state index contributed by atoms with van der Waals surface area (Å²) >= 11 is 3.43. The van der Waals surface area contributed by atoms with E-state index < -0.39 is 0 Å². The number of carbonyl (C=O) groups excluding carboxylic acids is 1. The minimum absolute atomic E-state index is 0. The van der Waals surface area contributed by atoms with Crippen LogP contribution in [0, 0.1) is 0 Å². The van der Waals surface area contributed by atoms with Crippen molar-refractivity contribution in [1.82, 2.24) is 5.32 Å². The molecule has 1 aliphatic heterocycles. The number of hydrogen-bond acceptors (Lipinski definition) is 3. The molecule has 1 atom stereocenters. The number of cyclic esters (lactones) is 1. The van der Waals surface area contributed by atoms with Crippen LogP contribution in [-0.4, -0.2) is 19.3 Å². The molecule has 0 bridgehead atoms. The van der Waals surface area contributed by atoms with Gasteiger partial charge in [0.2, 0.25) is 0 Å². The number of amides is 1. The van der Waals surface area contributed by atoms with Crippen molar-refractivity contribution in [3.8, 4) is 5.75 Å². The Kier molecular flexibility index (Phi) is 5.75. The van der Waals surface area contributed by atoms with Gasteiger partial charge in [-0.2, -0.15) is 0 Å². The number of carbonyl (C=O) groups is 1. The van der Waals surface area contributed by atoms with E-state index in [0.717, 1.165) is 22.2 Å². The average Bonchev–Trinajstić information content (AvgIpc) is 2.32. The fourth-order valence-electron chi connectivity index (χ4n) is 1.84. The summed E-state index contributed by atoms with van der Waals surface area (Å²) in [5.41, 5.74) is 0.984. The number of ether oxygens (including phenoxy) is 2. The molecule has 0 unspecified atom stereocenters. The number of halogens is 2. The van der Waals surface area contributed by atoms with Gasteiger partial charge in [0.05, 0.1) is 19.3 Å². The maximum atomic E-state index is 11.2. The summed E-state index contributed by atoms with van der Waals surface area (Å²) in [6.45, 7) is 2.98. The highest BCUT2D eigenvalue weighted by Crippen LogP contribution is 2.31. The van der Waals surface area contributed by atoms with Crippen molar-refractivity contribution < 1.29 is 14.3 Å². The first-order valence-electron chi connectivity index (χ1n) is 5.56. The number of alkyl carbamates (subject to hydrolysis) is 1. The zero-order valence-electron chi connectivity index (χ0n) is 9.94. The molecule has 0 aromatic heterocycles. The molecule has 0 saturated carbocycles. The second-order valence-electron chi connectivity index (χ2n) is 3.74. The summed E-state index contributed by atoms with van der Waals surface area (Å²) in [7, 11) is 0. The van der Waals surface area contributed by atoms with Crippen molar-refractivity contribution in [2.45, 2.75) is 19.4 Å². The summed E-state index contributed by atoms with van der Waals surface area (Å²) in [5.74, 6) is 0.808. The Labute approximate surface area is 121 Å². The van der Waals surface area contributed by atoms with Crippen LogP contribution >= 0.6 is 28.3 Å². The van der Waals surface area contributed by atoms with Crippen LogP contribution < -0.4 is 10.1 Å². The third kappa shape index (κ3) is 3.53. The Bertz CT molecular complexity index is 428. The van der Waals surface area contributed by atoms with Crippen molar-refractivity contribution in [2.75, 3.05) is 13.2 Å². The lowest BCUT2D eigenvalue weighted by Gasteiger charge is -2.25. The fraction of sp³-hybridized carbons (Fsp3) is 0.417. The van der Waals surface area contributed by atoms with Crippen molar-refractivity contribution >= 4 is 34.4 Å². The quantitative estimate of drug-likeness (QED) is 0.920. The summed E-state index contributed by atoms with van der Waals surface area (Å²) in [5, 5.41) is 2.80. The van der Waals surface area contributed by atoms with Gasteiger partial charge in [0.25, 0.3) is 0 Å². The number of rotatable bonds is 3. The molecule has 1 heterocycles. The number of benzene rings is 1. The van der Waals surface area contributed by atoms with Gasteiger partial charge in [-0.3, -0.25) is 0 Å². The van der Waals surface area contributed by atoms with Crippen LogP contribution in [0.3, 0.4) is 0 Å². The van der Waals surface area contributed by atoms with Gasteiger partial charge in [-0.15, -0.1) is 12.4 Å². The van der Waals surface area contributed by atoms with E-state index in [-0.39, 0.29) is 24.5 Å². The molecule has 4 nitrogen and oxygen atoms in total. The van der Waals surface area contributed by atoms with E-state index in [9.17, 15) is 4.79 Å². The minimum Gasteiger partial charge on any atom is -0.494 e. The topological polar surface area (TPSA) is 47.6 Å². The van der Waals surface area contributed by atoms with Gasteiger partial charge >= 0.3 is 6.09 Å². The molecule has 18 heavy (non-hydrogen) atoms. The zero-order valence-corrected chi connectivity index (χ0v) is 12.3. The van der Waals surface area contributed by atoms with Crippen molar-refractivity contribution in [1.29, 1.82) is 0 Å². The second-order valence-corrected chi connectivity index (χ2v) is 4.65. The van der Waals surface area contributed by atoms with E-state index >= 15 is 0 Å². The molecule has 1 aromatic rings. The SMILES string of the molecule is CCOc1ccc(Br)cc1[C@H]1CCOC(=O)N1.Cl. The standard InChI is InChI=1S/C12H14BrNO3.ClH/c1-2-16-11-4-3-8(13)7-9(11)10-5-6-17-12(15)14-10;/h3-4,7,10H,2,5-6H2,1H3,(H,14,15);1H/t10-;/m1./s1. The van der Waals surface area contributed by atoms with E-state index in [4.69, 9.17) is 9.47 Å². The summed E-state index contributed by atoms with van der Waals surface area (Å²) in [6.07, 6.45) is 0.381. The van der Waals surface area contributed by atoms with Gasteiger partial charge in [-0.05, 0) is 25.1 Å². The van der Waals surface area contributed by atoms with Crippen LogP contribution in [0.4, 0.5) is 4.79 Å². The molecule has 1 aromatic carbocycles. The normalized spacial score (nSPS) is 18.3. The lowest BCUT2D eigenvalue weighted by Crippen LogP contribution is -2.35. The molecule has 100 valence electrons. The lowest BCUT2D eigenvalue weighted by molar-refractivity contribution is 0.115. The molecule has 1 amide bonds. The van der Waals surface area contributed by atoms with Crippen LogP contribution in [-0.2, 0) is 4.74 Å². The maximum absolute atomic E-state index is 11.2. The molecule has 1 N–H and O–H groups in total. The van der Waals surface area contributed by atoms with Crippen LogP contribution in [0.15, 0.2) is 22.7 Å². The highest BCUT2D eigenvalue weighted by atomic mass is 79.9. The molecular formula is C12H15BrClNO3. The van der Waals surface area contributed by atoms with E-state index in [1.165, 1.54) is 0 Å². The molecule has 0 radical (unpaired) electrons. The summed E-state index contributed by atoms with van der Waals surface area (Å²) in [4.78, 5) is 11.2. The molecule has 1 aliphatic rings. The molecule has 1 fully saturated rings. The number of nitrogens with one attached hydrogen (secondary N) is 1. The molecular weight excluding hydrogens is 321 g/mol. The Morgan fingerprint density at radius 1 is 1.56 bits per heavy atom. The van der Waals surface area contributed by atoms with E-state index in [2.05, 4.69) is 21.2 Å². The van der Waals surface area contributed by atoms with Gasteiger partial charge in [0, 0.05) is 16.5 Å². The van der Waals surface area contributed by atoms with Crippen molar-refractivity contribution in [3.05, 3.63) is 28.2 Å². The van der Waals surface area contributed by atoms with E-state index in [0.29, 0.717) is 13.2 Å². The third-order valence-electron chi connectivity index (χ3n) is 2.58. The molecule has 0 spiro atoms. The third-order valence-corrected chi connectivity index (χ3v) is 3.07. The monoisotopic (exact) mass is 335 g/mol. The van der Waals surface area contributed by atoms with Gasteiger partial charge in [-0.25, -0.2) is 4.79 Å². The molecule has 2 rings (SSSR count). The molecule has 6 heteroatoms. The Morgan fingerprint density at radius 2 is 2.33 bits per heavy atom.